The molecule has 0 radical (unpaired) electrons. The molecule has 2 aliphatic rings. The summed E-state index contributed by atoms with van der Waals surface area (Å²) >= 11 is 5.08. The zero-order valence-electron chi connectivity index (χ0n) is 10.6. The summed E-state index contributed by atoms with van der Waals surface area (Å²) in [7, 11) is 0. The Hall–Kier alpha value is -0.550. The first kappa shape index (κ1) is 13.4. The molecule has 1 heterocycles. The van der Waals surface area contributed by atoms with Gasteiger partial charge in [0.05, 0.1) is 5.69 Å². The molecule has 1 spiro atoms. The highest BCUT2D eigenvalue weighted by atomic mass is 79.9. The summed E-state index contributed by atoms with van der Waals surface area (Å²) in [5.74, 6) is 0.863. The molecule has 0 atom stereocenters. The zero-order chi connectivity index (χ0) is 13.3. The fourth-order valence-electron chi connectivity index (χ4n) is 2.76. The van der Waals surface area contributed by atoms with Gasteiger partial charge in [-0.2, -0.15) is 0 Å². The average Bonchev–Trinajstić information content (AvgIpc) is 2.85. The van der Waals surface area contributed by atoms with Crippen molar-refractivity contribution in [2.45, 2.75) is 25.7 Å². The molecule has 0 bridgehead atoms. The van der Waals surface area contributed by atoms with Crippen molar-refractivity contribution < 1.29 is 4.39 Å². The van der Waals surface area contributed by atoms with Gasteiger partial charge in [-0.15, -0.1) is 0 Å². The number of hydrogen-bond acceptors (Lipinski definition) is 3. The van der Waals surface area contributed by atoms with Crippen molar-refractivity contribution in [1.82, 2.24) is 0 Å². The molecule has 1 saturated carbocycles. The highest BCUT2D eigenvalue weighted by Gasteiger charge is 2.36. The molecule has 19 heavy (non-hydrogen) atoms. The number of anilines is 1. The first-order valence-corrected chi connectivity index (χ1v) is 8.34. The lowest BCUT2D eigenvalue weighted by molar-refractivity contribution is 0.359. The maximum Gasteiger partial charge on any atom is 0.161 e. The summed E-state index contributed by atoms with van der Waals surface area (Å²) in [6.45, 7) is 0.887. The molecule has 1 aliphatic heterocycles. The lowest BCUT2D eigenvalue weighted by Crippen LogP contribution is -2.30. The van der Waals surface area contributed by atoms with Crippen molar-refractivity contribution in [2.24, 2.45) is 10.4 Å². The van der Waals surface area contributed by atoms with Gasteiger partial charge in [-0.25, -0.2) is 4.39 Å². The van der Waals surface area contributed by atoms with Crippen LogP contribution in [0.2, 0.25) is 0 Å². The van der Waals surface area contributed by atoms with E-state index in [0.29, 0.717) is 11.1 Å². The quantitative estimate of drug-likeness (QED) is 0.802. The number of aliphatic imine (C=N–C) groups is 1. The van der Waals surface area contributed by atoms with Gasteiger partial charge in [0.15, 0.2) is 5.17 Å². The van der Waals surface area contributed by atoms with E-state index in [9.17, 15) is 4.39 Å². The Balaban J connectivity index is 1.71. The van der Waals surface area contributed by atoms with E-state index in [-0.39, 0.29) is 5.82 Å². The molecule has 3 rings (SSSR count). The minimum Gasteiger partial charge on any atom is -0.333 e. The smallest absolute Gasteiger partial charge is 0.161 e. The van der Waals surface area contributed by atoms with Crippen molar-refractivity contribution in [1.29, 1.82) is 0 Å². The fraction of sp³-hybridized carbons (Fsp3) is 0.500. The molecular formula is C14H16BrFN2S. The van der Waals surface area contributed by atoms with Gasteiger partial charge < -0.3 is 5.32 Å². The second kappa shape index (κ2) is 5.44. The Morgan fingerprint density at radius 1 is 1.32 bits per heavy atom. The number of nitrogens with one attached hydrogen (secondary N) is 1. The number of hydrogen-bond donors (Lipinski definition) is 1. The third-order valence-electron chi connectivity index (χ3n) is 3.91. The molecule has 0 unspecified atom stereocenters. The number of thioether (sulfide) groups is 1. The van der Waals surface area contributed by atoms with Gasteiger partial charge in [-0.05, 0) is 36.5 Å². The number of amidine groups is 1. The summed E-state index contributed by atoms with van der Waals surface area (Å²) in [4.78, 5) is 4.62. The predicted octanol–water partition coefficient (Wildman–Crippen LogP) is 4.66. The molecule has 1 aromatic rings. The van der Waals surface area contributed by atoms with Crippen molar-refractivity contribution in [3.63, 3.8) is 0 Å². The van der Waals surface area contributed by atoms with E-state index in [1.807, 2.05) is 0 Å². The second-order valence-electron chi connectivity index (χ2n) is 5.37. The van der Waals surface area contributed by atoms with Crippen LogP contribution >= 0.6 is 27.7 Å². The third-order valence-corrected chi connectivity index (χ3v) is 5.66. The van der Waals surface area contributed by atoms with Crippen LogP contribution in [0, 0.1) is 11.2 Å². The maximum absolute atomic E-state index is 13.7. The monoisotopic (exact) mass is 342 g/mol. The molecule has 1 aromatic carbocycles. The summed E-state index contributed by atoms with van der Waals surface area (Å²) in [5, 5.41) is 3.95. The summed E-state index contributed by atoms with van der Waals surface area (Å²) in [6, 6.07) is 4.90. The highest BCUT2D eigenvalue weighted by Crippen LogP contribution is 2.43. The summed E-state index contributed by atoms with van der Waals surface area (Å²) in [5.41, 5.74) is 0.911. The van der Waals surface area contributed by atoms with Gasteiger partial charge in [0.1, 0.15) is 5.82 Å². The maximum atomic E-state index is 13.7. The van der Waals surface area contributed by atoms with Gasteiger partial charge in [0.25, 0.3) is 0 Å². The van der Waals surface area contributed by atoms with Crippen LogP contribution in [-0.4, -0.2) is 17.5 Å². The Morgan fingerprint density at radius 2 is 2.11 bits per heavy atom. The average molecular weight is 343 g/mol. The number of benzene rings is 1. The van der Waals surface area contributed by atoms with Gasteiger partial charge in [0, 0.05) is 16.8 Å². The number of nitrogens with zero attached hydrogens (tertiary/aromatic N) is 1. The fourth-order valence-corrected chi connectivity index (χ4v) is 4.29. The van der Waals surface area contributed by atoms with Crippen molar-refractivity contribution in [2.75, 3.05) is 17.6 Å². The van der Waals surface area contributed by atoms with Gasteiger partial charge in [-0.1, -0.05) is 40.5 Å². The molecule has 0 saturated heterocycles. The molecule has 102 valence electrons. The first-order valence-electron chi connectivity index (χ1n) is 6.56. The molecular weight excluding hydrogens is 327 g/mol. The Labute approximate surface area is 125 Å². The normalized spacial score (nSPS) is 21.5. The second-order valence-corrected chi connectivity index (χ2v) is 7.25. The first-order chi connectivity index (χ1) is 9.17. The van der Waals surface area contributed by atoms with Crippen LogP contribution in [0.4, 0.5) is 10.1 Å². The largest absolute Gasteiger partial charge is 0.333 e. The van der Waals surface area contributed by atoms with E-state index in [4.69, 9.17) is 0 Å². The minimum atomic E-state index is -0.243. The van der Waals surface area contributed by atoms with Gasteiger partial charge in [0.2, 0.25) is 0 Å². The molecule has 0 aromatic heterocycles. The molecule has 1 aliphatic carbocycles. The van der Waals surface area contributed by atoms with E-state index in [1.165, 1.54) is 31.7 Å². The Bertz CT molecular complexity index is 512. The number of halogens is 2. The van der Waals surface area contributed by atoms with Crippen LogP contribution in [0.15, 0.2) is 27.7 Å². The topological polar surface area (TPSA) is 24.4 Å². The lowest BCUT2D eigenvalue weighted by atomic mass is 9.89. The predicted molar refractivity (Wildman–Crippen MR) is 83.4 cm³/mol. The van der Waals surface area contributed by atoms with Crippen LogP contribution in [0.5, 0.6) is 0 Å². The third kappa shape index (κ3) is 2.97. The van der Waals surface area contributed by atoms with E-state index in [1.54, 1.807) is 23.9 Å². The zero-order valence-corrected chi connectivity index (χ0v) is 13.0. The highest BCUT2D eigenvalue weighted by molar-refractivity contribution is 9.10. The van der Waals surface area contributed by atoms with Crippen molar-refractivity contribution in [3.8, 4) is 0 Å². The Kier molecular flexibility index (Phi) is 3.85. The van der Waals surface area contributed by atoms with Crippen LogP contribution in [0.1, 0.15) is 25.7 Å². The van der Waals surface area contributed by atoms with Gasteiger partial charge >= 0.3 is 0 Å². The lowest BCUT2D eigenvalue weighted by Gasteiger charge is -2.31. The SMILES string of the molecule is Fc1ccc(Br)cc1NC1=NCC2(CCCC2)CS1. The molecule has 2 nitrogen and oxygen atoms in total. The van der Waals surface area contributed by atoms with Crippen LogP contribution in [0.3, 0.4) is 0 Å². The summed E-state index contributed by atoms with van der Waals surface area (Å²) in [6.07, 6.45) is 5.25. The molecule has 0 amide bonds. The van der Waals surface area contributed by atoms with E-state index >= 15 is 0 Å². The minimum absolute atomic E-state index is 0.243. The van der Waals surface area contributed by atoms with Crippen LogP contribution < -0.4 is 5.32 Å². The van der Waals surface area contributed by atoms with E-state index in [2.05, 4.69) is 26.2 Å². The Morgan fingerprint density at radius 3 is 2.79 bits per heavy atom. The van der Waals surface area contributed by atoms with Crippen LogP contribution in [0.25, 0.3) is 0 Å². The van der Waals surface area contributed by atoms with Gasteiger partial charge in [-0.3, -0.25) is 4.99 Å². The molecule has 1 N–H and O–H groups in total. The molecule has 1 fully saturated rings. The van der Waals surface area contributed by atoms with Crippen LogP contribution in [-0.2, 0) is 0 Å². The van der Waals surface area contributed by atoms with E-state index in [0.717, 1.165) is 21.9 Å². The number of rotatable bonds is 1. The van der Waals surface area contributed by atoms with E-state index < -0.39 is 0 Å². The van der Waals surface area contributed by atoms with Crippen molar-refractivity contribution in [3.05, 3.63) is 28.5 Å². The summed E-state index contributed by atoms with van der Waals surface area (Å²) < 4.78 is 14.5. The standard InChI is InChI=1S/C14H16BrFN2S/c15-10-3-4-11(16)12(7-10)18-13-17-8-14(9-19-13)5-1-2-6-14/h3-4,7H,1-2,5-6,8-9H2,(H,17,18). The molecule has 5 heteroatoms. The van der Waals surface area contributed by atoms with Crippen molar-refractivity contribution >= 4 is 38.5 Å².